The summed E-state index contributed by atoms with van der Waals surface area (Å²) in [5.41, 5.74) is 0. The number of nitrogens with one attached hydrogen (secondary N) is 2. The first-order valence-electron chi connectivity index (χ1n) is 10.2. The van der Waals surface area contributed by atoms with E-state index in [4.69, 9.17) is 0 Å². The molecule has 0 bridgehead atoms. The Morgan fingerprint density at radius 2 is 0.682 bits per heavy atom. The summed E-state index contributed by atoms with van der Waals surface area (Å²) in [5.74, 6) is 0. The number of hydrogen-bond acceptors (Lipinski definition) is 2. The lowest BCUT2D eigenvalue weighted by molar-refractivity contribution is 0.564. The molecule has 0 fully saturated rings. The molecule has 0 saturated heterocycles. The van der Waals surface area contributed by atoms with Gasteiger partial charge in [0.05, 0.1) is 0 Å². The van der Waals surface area contributed by atoms with E-state index in [1.807, 2.05) is 0 Å². The number of hydrogen-bond donors (Lipinski definition) is 2. The van der Waals surface area contributed by atoms with Crippen molar-refractivity contribution in [3.05, 3.63) is 0 Å². The van der Waals surface area contributed by atoms with Crippen molar-refractivity contribution in [1.29, 1.82) is 0 Å². The van der Waals surface area contributed by atoms with E-state index in [0.29, 0.717) is 0 Å². The maximum absolute atomic E-state index is 3.50. The molecule has 0 saturated carbocycles. The smallest absolute Gasteiger partial charge is 0.00489 e. The molecule has 2 heteroatoms. The van der Waals surface area contributed by atoms with Crippen LogP contribution in [0.5, 0.6) is 0 Å². The average molecular weight is 315 g/mol. The fourth-order valence-electron chi connectivity index (χ4n) is 2.21. The van der Waals surface area contributed by atoms with E-state index >= 15 is 0 Å². The van der Waals surface area contributed by atoms with Crippen LogP contribution >= 0.6 is 0 Å². The zero-order valence-corrected chi connectivity index (χ0v) is 16.3. The van der Waals surface area contributed by atoms with Gasteiger partial charge in [0.25, 0.3) is 0 Å². The van der Waals surface area contributed by atoms with Crippen molar-refractivity contribution in [2.75, 3.05) is 26.2 Å². The first-order chi connectivity index (χ1) is 10.8. The van der Waals surface area contributed by atoms with E-state index < -0.39 is 0 Å². The van der Waals surface area contributed by atoms with Crippen LogP contribution in [0.15, 0.2) is 0 Å². The summed E-state index contributed by atoms with van der Waals surface area (Å²) in [7, 11) is 0. The molecule has 0 spiro atoms. The molecule has 0 aromatic carbocycles. The molecule has 0 aliphatic heterocycles. The Morgan fingerprint density at radius 3 is 1.00 bits per heavy atom. The summed E-state index contributed by atoms with van der Waals surface area (Å²) < 4.78 is 0. The highest BCUT2D eigenvalue weighted by Crippen LogP contribution is 1.99. The van der Waals surface area contributed by atoms with Crippen molar-refractivity contribution < 1.29 is 0 Å². The number of rotatable bonds is 16. The Balaban J connectivity index is 0. The van der Waals surface area contributed by atoms with Crippen LogP contribution in [-0.4, -0.2) is 26.2 Å². The predicted molar refractivity (Wildman–Crippen MR) is 104 cm³/mol. The zero-order chi connectivity index (χ0) is 16.7. The highest BCUT2D eigenvalue weighted by atomic mass is 14.8. The minimum atomic E-state index is 1.20. The molecular weight excluding hydrogens is 268 g/mol. The molecule has 22 heavy (non-hydrogen) atoms. The van der Waals surface area contributed by atoms with E-state index in [0.717, 1.165) is 0 Å². The molecule has 2 N–H and O–H groups in total. The van der Waals surface area contributed by atoms with Crippen LogP contribution in [0, 0.1) is 0 Å². The summed E-state index contributed by atoms with van der Waals surface area (Å²) in [5, 5.41) is 6.89. The molecule has 0 atom stereocenters. The number of unbranched alkanes of at least 4 members (excludes halogenated alkanes) is 8. The second-order valence-corrected chi connectivity index (χ2v) is 6.33. The van der Waals surface area contributed by atoms with Gasteiger partial charge in [-0.15, -0.1) is 0 Å². The third-order valence-electron chi connectivity index (χ3n) is 3.83. The fourth-order valence-corrected chi connectivity index (χ4v) is 2.21. The van der Waals surface area contributed by atoms with Gasteiger partial charge >= 0.3 is 0 Å². The molecule has 0 aromatic rings. The van der Waals surface area contributed by atoms with Gasteiger partial charge in [-0.2, -0.15) is 0 Å². The van der Waals surface area contributed by atoms with E-state index in [1.54, 1.807) is 0 Å². The molecule has 0 aliphatic rings. The molecule has 136 valence electrons. The van der Waals surface area contributed by atoms with E-state index in [-0.39, 0.29) is 0 Å². The van der Waals surface area contributed by atoms with Crippen LogP contribution < -0.4 is 10.6 Å². The van der Waals surface area contributed by atoms with Crippen LogP contribution in [-0.2, 0) is 0 Å². The first kappa shape index (κ1) is 24.2. The highest BCUT2D eigenvalue weighted by Gasteiger charge is 1.89. The summed E-state index contributed by atoms with van der Waals surface area (Å²) in [6, 6.07) is 0. The lowest BCUT2D eigenvalue weighted by atomic mass is 10.2. The second kappa shape index (κ2) is 25.9. The molecule has 0 radical (unpaired) electrons. The van der Waals surface area contributed by atoms with Crippen LogP contribution in [0.1, 0.15) is 105 Å². The summed E-state index contributed by atoms with van der Waals surface area (Å²) >= 11 is 0. The third kappa shape index (κ3) is 28.1. The topological polar surface area (TPSA) is 24.1 Å². The van der Waals surface area contributed by atoms with Crippen LogP contribution in [0.2, 0.25) is 0 Å². The zero-order valence-electron chi connectivity index (χ0n) is 16.3. The quantitative estimate of drug-likeness (QED) is 0.346. The summed E-state index contributed by atoms with van der Waals surface area (Å²) in [6.45, 7) is 13.8. The van der Waals surface area contributed by atoms with E-state index in [2.05, 4.69) is 38.3 Å². The predicted octanol–water partition coefficient (Wildman–Crippen LogP) is 5.91. The summed E-state index contributed by atoms with van der Waals surface area (Å²) in [4.78, 5) is 0. The van der Waals surface area contributed by atoms with Gasteiger partial charge in [0.2, 0.25) is 0 Å². The van der Waals surface area contributed by atoms with Gasteiger partial charge in [0, 0.05) is 0 Å². The van der Waals surface area contributed by atoms with Gasteiger partial charge in [0.1, 0.15) is 0 Å². The lowest BCUT2D eigenvalue weighted by Crippen LogP contribution is -2.16. The van der Waals surface area contributed by atoms with Gasteiger partial charge in [-0.25, -0.2) is 0 Å². The molecule has 0 amide bonds. The van der Waals surface area contributed by atoms with Gasteiger partial charge in [-0.3, -0.25) is 0 Å². The largest absolute Gasteiger partial charge is 0.317 e. The Bertz CT molecular complexity index is 144. The highest BCUT2D eigenvalue weighted by molar-refractivity contribution is 4.49. The van der Waals surface area contributed by atoms with Crippen LogP contribution in [0.3, 0.4) is 0 Å². The molecule has 0 heterocycles. The third-order valence-corrected chi connectivity index (χ3v) is 3.83. The molecule has 2 nitrogen and oxygen atoms in total. The van der Waals surface area contributed by atoms with Gasteiger partial charge in [-0.1, -0.05) is 79.1 Å². The Kier molecular flexibility index (Phi) is 28.4. The maximum atomic E-state index is 3.50. The average Bonchev–Trinajstić information content (AvgIpc) is 2.54. The molecule has 0 rings (SSSR count). The van der Waals surface area contributed by atoms with Crippen molar-refractivity contribution >= 4 is 0 Å². The molecule has 0 aromatic heterocycles. The lowest BCUT2D eigenvalue weighted by Gasteiger charge is -2.03. The van der Waals surface area contributed by atoms with E-state index in [1.165, 1.54) is 103 Å². The monoisotopic (exact) mass is 314 g/mol. The Hall–Kier alpha value is -0.0800. The molecule has 0 unspecified atom stereocenters. The van der Waals surface area contributed by atoms with Gasteiger partial charge in [-0.05, 0) is 51.9 Å². The van der Waals surface area contributed by atoms with Gasteiger partial charge in [0.15, 0.2) is 0 Å². The second-order valence-electron chi connectivity index (χ2n) is 6.33. The summed E-state index contributed by atoms with van der Waals surface area (Å²) in [6.07, 6.45) is 16.3. The Morgan fingerprint density at radius 1 is 0.364 bits per heavy atom. The van der Waals surface area contributed by atoms with Crippen molar-refractivity contribution in [3.8, 4) is 0 Å². The van der Waals surface area contributed by atoms with E-state index in [9.17, 15) is 0 Å². The van der Waals surface area contributed by atoms with Gasteiger partial charge < -0.3 is 10.6 Å². The fraction of sp³-hybridized carbons (Fsp3) is 1.00. The minimum Gasteiger partial charge on any atom is -0.317 e. The van der Waals surface area contributed by atoms with Crippen LogP contribution in [0.4, 0.5) is 0 Å². The SMILES string of the molecule is CCCCCCNCCCCCC.CCCCNCCCC. The van der Waals surface area contributed by atoms with Crippen molar-refractivity contribution in [1.82, 2.24) is 10.6 Å². The minimum absolute atomic E-state index is 1.20. The normalized spacial score (nSPS) is 10.4. The van der Waals surface area contributed by atoms with Crippen molar-refractivity contribution in [2.24, 2.45) is 0 Å². The first-order valence-corrected chi connectivity index (χ1v) is 10.2. The van der Waals surface area contributed by atoms with Crippen LogP contribution in [0.25, 0.3) is 0 Å². The molecule has 0 aliphatic carbocycles. The van der Waals surface area contributed by atoms with Crippen molar-refractivity contribution in [3.63, 3.8) is 0 Å². The maximum Gasteiger partial charge on any atom is -0.00489 e. The van der Waals surface area contributed by atoms with Crippen molar-refractivity contribution in [2.45, 2.75) is 105 Å². The standard InChI is InChI=1S/C12H27N.C8H19N/c1-3-5-7-9-11-13-12-10-8-6-4-2;1-3-5-7-9-8-6-4-2/h13H,3-12H2,1-2H3;9H,3-8H2,1-2H3. The Labute approximate surface area is 142 Å². The molecular formula is C20H46N2.